The van der Waals surface area contributed by atoms with E-state index in [9.17, 15) is 4.79 Å². The van der Waals surface area contributed by atoms with Crippen LogP contribution in [0.1, 0.15) is 17.7 Å². The minimum absolute atomic E-state index is 0.0358. The van der Waals surface area contributed by atoms with E-state index in [2.05, 4.69) is 22.3 Å². The Labute approximate surface area is 201 Å². The van der Waals surface area contributed by atoms with E-state index in [-0.39, 0.29) is 5.91 Å². The molecule has 170 valence electrons. The van der Waals surface area contributed by atoms with Crippen LogP contribution >= 0.6 is 11.3 Å². The van der Waals surface area contributed by atoms with Crippen LogP contribution in [0, 0.1) is 0 Å². The molecule has 34 heavy (non-hydrogen) atoms. The summed E-state index contributed by atoms with van der Waals surface area (Å²) in [6.07, 6.45) is 1.94. The molecule has 1 N–H and O–H groups in total. The summed E-state index contributed by atoms with van der Waals surface area (Å²) in [5.74, 6) is 2.23. The van der Waals surface area contributed by atoms with Gasteiger partial charge in [-0.3, -0.25) is 4.79 Å². The molecule has 0 unspecified atom stereocenters. The Morgan fingerprint density at radius 3 is 2.59 bits per heavy atom. The molecule has 0 aliphatic rings. The largest absolute Gasteiger partial charge is 0.467 e. The number of aromatic nitrogens is 2. The zero-order valence-corrected chi connectivity index (χ0v) is 19.4. The number of nitrogens with zero attached hydrogens (tertiary/aromatic N) is 3. The summed E-state index contributed by atoms with van der Waals surface area (Å²) >= 11 is 1.62. The molecule has 6 nitrogen and oxygen atoms in total. The number of carbonyl (C=O) groups excluding carboxylic acids is 1. The predicted octanol–water partition coefficient (Wildman–Crippen LogP) is 5.66. The summed E-state index contributed by atoms with van der Waals surface area (Å²) in [5.41, 5.74) is 2.04. The van der Waals surface area contributed by atoms with Crippen molar-refractivity contribution in [1.82, 2.24) is 15.3 Å². The van der Waals surface area contributed by atoms with Crippen molar-refractivity contribution < 1.29 is 9.21 Å². The monoisotopic (exact) mass is 468 g/mol. The first-order valence-electron chi connectivity index (χ1n) is 11.1. The molecule has 0 saturated carbocycles. The number of hydrogen-bond donors (Lipinski definition) is 1. The van der Waals surface area contributed by atoms with E-state index in [0.29, 0.717) is 31.9 Å². The quantitative estimate of drug-likeness (QED) is 0.302. The Balaban J connectivity index is 1.45. The van der Waals surface area contributed by atoms with Crippen molar-refractivity contribution in [2.75, 3.05) is 11.4 Å². The Kier molecular flexibility index (Phi) is 6.63. The molecule has 7 heteroatoms. The maximum Gasteiger partial charge on any atom is 0.222 e. The molecular weight excluding hydrogens is 444 g/mol. The maximum atomic E-state index is 12.6. The molecule has 5 rings (SSSR count). The number of amides is 1. The molecule has 0 aliphatic carbocycles. The van der Waals surface area contributed by atoms with Crippen LogP contribution in [0.15, 0.2) is 94.9 Å². The molecular formula is C27H24N4O2S. The van der Waals surface area contributed by atoms with Gasteiger partial charge >= 0.3 is 0 Å². The summed E-state index contributed by atoms with van der Waals surface area (Å²) < 4.78 is 5.31. The van der Waals surface area contributed by atoms with Crippen LogP contribution in [-0.4, -0.2) is 22.4 Å². The molecule has 0 aliphatic heterocycles. The zero-order valence-electron chi connectivity index (χ0n) is 18.6. The highest BCUT2D eigenvalue weighted by molar-refractivity contribution is 7.13. The summed E-state index contributed by atoms with van der Waals surface area (Å²) in [4.78, 5) is 25.6. The minimum Gasteiger partial charge on any atom is -0.467 e. The lowest BCUT2D eigenvalue weighted by molar-refractivity contribution is -0.121. The molecule has 0 spiro atoms. The number of thiophene rings is 1. The number of hydrogen-bond acceptors (Lipinski definition) is 6. The highest BCUT2D eigenvalue weighted by Crippen LogP contribution is 2.30. The first kappa shape index (κ1) is 21.9. The van der Waals surface area contributed by atoms with E-state index in [1.54, 1.807) is 17.6 Å². The third-order valence-corrected chi connectivity index (χ3v) is 6.35. The van der Waals surface area contributed by atoms with Gasteiger partial charge in [-0.1, -0.05) is 48.5 Å². The van der Waals surface area contributed by atoms with Gasteiger partial charge in [0.1, 0.15) is 11.6 Å². The fourth-order valence-electron chi connectivity index (χ4n) is 3.80. The molecule has 0 bridgehead atoms. The van der Waals surface area contributed by atoms with Crippen LogP contribution in [0.5, 0.6) is 0 Å². The number of carbonyl (C=O) groups is 1. The van der Waals surface area contributed by atoms with Gasteiger partial charge in [-0.15, -0.1) is 11.3 Å². The van der Waals surface area contributed by atoms with E-state index in [4.69, 9.17) is 14.4 Å². The second-order valence-electron chi connectivity index (χ2n) is 7.88. The van der Waals surface area contributed by atoms with Crippen LogP contribution in [0.3, 0.4) is 0 Å². The number of anilines is 1. The fourth-order valence-corrected chi connectivity index (χ4v) is 4.46. The van der Waals surface area contributed by atoms with E-state index >= 15 is 0 Å². The first-order valence-corrected chi connectivity index (χ1v) is 12.0. The lowest BCUT2D eigenvalue weighted by Gasteiger charge is -2.25. The van der Waals surface area contributed by atoms with Crippen LogP contribution in [0.4, 0.5) is 5.82 Å². The third kappa shape index (κ3) is 5.15. The van der Waals surface area contributed by atoms with Gasteiger partial charge in [-0.05, 0) is 41.3 Å². The van der Waals surface area contributed by atoms with Crippen LogP contribution < -0.4 is 10.2 Å². The average Bonchev–Trinajstić information content (AvgIpc) is 3.60. The molecule has 1 amide bonds. The van der Waals surface area contributed by atoms with Crippen molar-refractivity contribution in [3.05, 3.63) is 102 Å². The van der Waals surface area contributed by atoms with Gasteiger partial charge in [0.2, 0.25) is 5.91 Å². The van der Waals surface area contributed by atoms with Gasteiger partial charge in [0.15, 0.2) is 5.82 Å². The van der Waals surface area contributed by atoms with Gasteiger partial charge in [0.05, 0.1) is 23.2 Å². The first-order chi connectivity index (χ1) is 16.8. The van der Waals surface area contributed by atoms with Crippen molar-refractivity contribution in [3.8, 4) is 10.7 Å². The van der Waals surface area contributed by atoms with Crippen molar-refractivity contribution in [1.29, 1.82) is 0 Å². The molecule has 5 aromatic rings. The highest BCUT2D eigenvalue weighted by atomic mass is 32.1. The molecule has 2 aromatic carbocycles. The van der Waals surface area contributed by atoms with Crippen molar-refractivity contribution in [2.24, 2.45) is 0 Å². The molecule has 3 heterocycles. The van der Waals surface area contributed by atoms with E-state index in [1.807, 2.05) is 72.1 Å². The summed E-state index contributed by atoms with van der Waals surface area (Å²) in [6, 6.07) is 26.0. The minimum atomic E-state index is -0.0358. The predicted molar refractivity (Wildman–Crippen MR) is 136 cm³/mol. The second-order valence-corrected chi connectivity index (χ2v) is 8.83. The van der Waals surface area contributed by atoms with Crippen molar-refractivity contribution in [3.63, 3.8) is 0 Å². The number of para-hydroxylation sites is 1. The van der Waals surface area contributed by atoms with E-state index in [1.165, 1.54) is 0 Å². The molecule has 0 fully saturated rings. The van der Waals surface area contributed by atoms with Gasteiger partial charge in [-0.2, -0.15) is 0 Å². The summed E-state index contributed by atoms with van der Waals surface area (Å²) in [5, 5.41) is 5.93. The number of fused-ring (bicyclic) bond motifs is 1. The molecule has 0 atom stereocenters. The van der Waals surface area contributed by atoms with Crippen LogP contribution in [0.2, 0.25) is 0 Å². The maximum absolute atomic E-state index is 12.6. The lowest BCUT2D eigenvalue weighted by Crippen LogP contribution is -2.31. The highest BCUT2D eigenvalue weighted by Gasteiger charge is 2.18. The summed E-state index contributed by atoms with van der Waals surface area (Å²) in [6.45, 7) is 1.53. The second kappa shape index (κ2) is 10.3. The SMILES string of the molecule is O=C(CCN(Cc1ccccc1)c1nc(-c2cccs2)nc2ccccc12)NCc1ccco1. The standard InChI is InChI=1S/C27H24N4O2S/c32-25(28-18-21-10-6-16-33-21)14-15-31(19-20-8-2-1-3-9-20)27-22-11-4-5-12-23(22)29-26(30-27)24-13-7-17-34-24/h1-13,16-17H,14-15,18-19H2,(H,28,32). The Bertz CT molecular complexity index is 1350. The van der Waals surface area contributed by atoms with Crippen molar-refractivity contribution in [2.45, 2.75) is 19.5 Å². The fraction of sp³-hybridized carbons (Fsp3) is 0.148. The smallest absolute Gasteiger partial charge is 0.222 e. The molecule has 3 aromatic heterocycles. The van der Waals surface area contributed by atoms with Crippen molar-refractivity contribution >= 4 is 34.0 Å². The zero-order chi connectivity index (χ0) is 23.2. The number of benzene rings is 2. The Hall–Kier alpha value is -3.97. The molecule has 0 saturated heterocycles. The Morgan fingerprint density at radius 2 is 1.79 bits per heavy atom. The van der Waals surface area contributed by atoms with Gasteiger partial charge in [0, 0.05) is 24.9 Å². The average molecular weight is 469 g/mol. The van der Waals surface area contributed by atoms with Gasteiger partial charge in [0.25, 0.3) is 0 Å². The van der Waals surface area contributed by atoms with E-state index in [0.717, 1.165) is 32.9 Å². The summed E-state index contributed by atoms with van der Waals surface area (Å²) in [7, 11) is 0. The number of nitrogens with one attached hydrogen (secondary N) is 1. The van der Waals surface area contributed by atoms with Gasteiger partial charge in [-0.25, -0.2) is 9.97 Å². The molecule has 0 radical (unpaired) electrons. The number of furan rings is 1. The lowest BCUT2D eigenvalue weighted by atomic mass is 10.1. The van der Waals surface area contributed by atoms with E-state index < -0.39 is 0 Å². The Morgan fingerprint density at radius 1 is 0.941 bits per heavy atom. The topological polar surface area (TPSA) is 71.3 Å². The number of rotatable bonds is 9. The third-order valence-electron chi connectivity index (χ3n) is 5.49. The van der Waals surface area contributed by atoms with Crippen LogP contribution in [0.25, 0.3) is 21.6 Å². The normalized spacial score (nSPS) is 10.9. The van der Waals surface area contributed by atoms with Crippen LogP contribution in [-0.2, 0) is 17.9 Å². The van der Waals surface area contributed by atoms with Gasteiger partial charge < -0.3 is 14.6 Å².